The Labute approximate surface area is 204 Å². The van der Waals surface area contributed by atoms with Gasteiger partial charge in [-0.2, -0.15) is 0 Å². The van der Waals surface area contributed by atoms with Crippen molar-refractivity contribution in [3.05, 3.63) is 57.0 Å². The van der Waals surface area contributed by atoms with Gasteiger partial charge in [0.05, 0.1) is 15.1 Å². The standard InChI is InChI=1S/C22H26Cl3N3O3S/c1-2-3-8-27-9-5-10-28(12-11-27)22(29)16-6-4-7-17(13-16)26-32(30,31)21-15-19(24)18(23)14-20(21)25/h4,6-7,13-15,26H,2-3,5,8-12H2,1H3. The summed E-state index contributed by atoms with van der Waals surface area (Å²) < 4.78 is 28.1. The van der Waals surface area contributed by atoms with Crippen LogP contribution in [0.2, 0.25) is 15.1 Å². The summed E-state index contributed by atoms with van der Waals surface area (Å²) in [7, 11) is -4.03. The van der Waals surface area contributed by atoms with Crippen LogP contribution in [0.3, 0.4) is 0 Å². The van der Waals surface area contributed by atoms with E-state index in [0.29, 0.717) is 18.7 Å². The molecule has 6 nitrogen and oxygen atoms in total. The molecular weight excluding hydrogens is 493 g/mol. The third kappa shape index (κ3) is 6.29. The third-order valence-electron chi connectivity index (χ3n) is 5.33. The Morgan fingerprint density at radius 3 is 2.50 bits per heavy atom. The zero-order valence-electron chi connectivity index (χ0n) is 17.8. The minimum Gasteiger partial charge on any atom is -0.337 e. The Kier molecular flexibility index (Phi) is 8.69. The van der Waals surface area contributed by atoms with E-state index in [1.54, 1.807) is 18.2 Å². The average Bonchev–Trinajstić information content (AvgIpc) is 2.99. The second-order valence-corrected chi connectivity index (χ2v) is 10.6. The first-order valence-electron chi connectivity index (χ1n) is 10.5. The van der Waals surface area contributed by atoms with Crippen molar-refractivity contribution >= 4 is 56.4 Å². The van der Waals surface area contributed by atoms with Crippen molar-refractivity contribution in [3.8, 4) is 0 Å². The van der Waals surface area contributed by atoms with Crippen molar-refractivity contribution < 1.29 is 13.2 Å². The number of hydrogen-bond donors (Lipinski definition) is 1. The molecule has 1 fully saturated rings. The van der Waals surface area contributed by atoms with Gasteiger partial charge in [-0.3, -0.25) is 9.52 Å². The van der Waals surface area contributed by atoms with Crippen molar-refractivity contribution in [3.63, 3.8) is 0 Å². The minimum absolute atomic E-state index is 0.0451. The summed E-state index contributed by atoms with van der Waals surface area (Å²) in [5.74, 6) is -0.115. The van der Waals surface area contributed by atoms with Gasteiger partial charge in [0.1, 0.15) is 4.90 Å². The smallest absolute Gasteiger partial charge is 0.263 e. The van der Waals surface area contributed by atoms with Gasteiger partial charge in [0.15, 0.2) is 0 Å². The number of amides is 1. The van der Waals surface area contributed by atoms with E-state index in [4.69, 9.17) is 34.8 Å². The van der Waals surface area contributed by atoms with Crippen LogP contribution < -0.4 is 4.72 Å². The summed E-state index contributed by atoms with van der Waals surface area (Å²) in [6, 6.07) is 8.92. The summed E-state index contributed by atoms with van der Waals surface area (Å²) in [4.78, 5) is 17.1. The quantitative estimate of drug-likeness (QED) is 0.499. The Morgan fingerprint density at radius 2 is 1.75 bits per heavy atom. The zero-order valence-corrected chi connectivity index (χ0v) is 20.9. The van der Waals surface area contributed by atoms with Crippen molar-refractivity contribution in [1.29, 1.82) is 0 Å². The van der Waals surface area contributed by atoms with Crippen molar-refractivity contribution in [1.82, 2.24) is 9.80 Å². The molecule has 0 unspecified atom stereocenters. The molecule has 1 heterocycles. The predicted molar refractivity (Wildman–Crippen MR) is 131 cm³/mol. The summed E-state index contributed by atoms with van der Waals surface area (Å²) in [5, 5.41) is 0.194. The Balaban J connectivity index is 1.74. The number of sulfonamides is 1. The second-order valence-electron chi connectivity index (χ2n) is 7.72. The van der Waals surface area contributed by atoms with Crippen LogP contribution in [0.1, 0.15) is 36.5 Å². The number of halogens is 3. The van der Waals surface area contributed by atoms with Gasteiger partial charge < -0.3 is 9.80 Å². The van der Waals surface area contributed by atoms with Gasteiger partial charge in [0.25, 0.3) is 15.9 Å². The molecule has 0 atom stereocenters. The predicted octanol–water partition coefficient (Wildman–Crippen LogP) is 5.40. The summed E-state index contributed by atoms with van der Waals surface area (Å²) in [5.41, 5.74) is 0.685. The normalized spacial score (nSPS) is 15.4. The number of anilines is 1. The van der Waals surface area contributed by atoms with Gasteiger partial charge in [0.2, 0.25) is 0 Å². The number of hydrogen-bond acceptors (Lipinski definition) is 4. The molecule has 2 aromatic rings. The highest BCUT2D eigenvalue weighted by Crippen LogP contribution is 2.32. The van der Waals surface area contributed by atoms with E-state index < -0.39 is 10.0 Å². The number of carbonyl (C=O) groups excluding carboxylic acids is 1. The maximum Gasteiger partial charge on any atom is 0.263 e. The van der Waals surface area contributed by atoms with Crippen LogP contribution in [0.25, 0.3) is 0 Å². The number of rotatable bonds is 7. The van der Waals surface area contributed by atoms with Gasteiger partial charge in [-0.15, -0.1) is 0 Å². The molecular formula is C22H26Cl3N3O3S. The molecule has 0 bridgehead atoms. The molecule has 174 valence electrons. The highest BCUT2D eigenvalue weighted by molar-refractivity contribution is 7.92. The van der Waals surface area contributed by atoms with Crippen molar-refractivity contribution in [2.45, 2.75) is 31.1 Å². The number of nitrogens with one attached hydrogen (secondary N) is 1. The first kappa shape index (κ1) is 25.1. The summed E-state index contributed by atoms with van der Waals surface area (Å²) in [6.07, 6.45) is 3.21. The van der Waals surface area contributed by atoms with Gasteiger partial charge >= 0.3 is 0 Å². The zero-order chi connectivity index (χ0) is 23.3. The lowest BCUT2D eigenvalue weighted by atomic mass is 10.1. The SMILES string of the molecule is CCCCN1CCCN(C(=O)c2cccc(NS(=O)(=O)c3cc(Cl)c(Cl)cc3Cl)c2)CC1. The van der Waals surface area contributed by atoms with Gasteiger partial charge in [-0.1, -0.05) is 54.2 Å². The molecule has 0 aliphatic carbocycles. The molecule has 10 heteroatoms. The van der Waals surface area contributed by atoms with E-state index in [1.165, 1.54) is 18.2 Å². The number of nitrogens with zero attached hydrogens (tertiary/aromatic N) is 2. The van der Waals surface area contributed by atoms with Crippen LogP contribution >= 0.6 is 34.8 Å². The lowest BCUT2D eigenvalue weighted by Crippen LogP contribution is -2.35. The molecule has 3 rings (SSSR count). The molecule has 0 saturated carbocycles. The fourth-order valence-electron chi connectivity index (χ4n) is 3.60. The number of unbranched alkanes of at least 4 members (excludes halogenated alkanes) is 1. The van der Waals surface area contributed by atoms with Crippen LogP contribution in [0.4, 0.5) is 5.69 Å². The molecule has 1 saturated heterocycles. The Hall–Kier alpha value is -1.51. The molecule has 32 heavy (non-hydrogen) atoms. The number of carbonyl (C=O) groups is 1. The van der Waals surface area contributed by atoms with Crippen molar-refractivity contribution in [2.24, 2.45) is 0 Å². The Bertz CT molecular complexity index is 1080. The fourth-order valence-corrected chi connectivity index (χ4v) is 5.65. The van der Waals surface area contributed by atoms with Gasteiger partial charge in [-0.25, -0.2) is 8.42 Å². The molecule has 1 N–H and O–H groups in total. The van der Waals surface area contributed by atoms with E-state index in [2.05, 4.69) is 16.5 Å². The molecule has 1 amide bonds. The van der Waals surface area contributed by atoms with E-state index >= 15 is 0 Å². The Morgan fingerprint density at radius 1 is 1.00 bits per heavy atom. The average molecular weight is 519 g/mol. The first-order valence-corrected chi connectivity index (χ1v) is 13.1. The highest BCUT2D eigenvalue weighted by atomic mass is 35.5. The lowest BCUT2D eigenvalue weighted by Gasteiger charge is -2.22. The maximum atomic E-state index is 13.1. The van der Waals surface area contributed by atoms with Crippen LogP contribution in [0.5, 0.6) is 0 Å². The van der Waals surface area contributed by atoms with Gasteiger partial charge in [0, 0.05) is 30.9 Å². The van der Waals surface area contributed by atoms with Crippen molar-refractivity contribution in [2.75, 3.05) is 37.4 Å². The molecule has 1 aliphatic heterocycles. The van der Waals surface area contributed by atoms with E-state index in [9.17, 15) is 13.2 Å². The number of benzene rings is 2. The monoisotopic (exact) mass is 517 g/mol. The van der Waals surface area contributed by atoms with Crippen LogP contribution in [0.15, 0.2) is 41.3 Å². The summed E-state index contributed by atoms with van der Waals surface area (Å²) in [6.45, 7) is 6.37. The molecule has 2 aromatic carbocycles. The van der Waals surface area contributed by atoms with Crippen LogP contribution in [-0.4, -0.2) is 56.8 Å². The maximum absolute atomic E-state index is 13.1. The van der Waals surface area contributed by atoms with Gasteiger partial charge in [-0.05, 0) is 56.3 Å². The largest absolute Gasteiger partial charge is 0.337 e. The first-order chi connectivity index (χ1) is 15.2. The topological polar surface area (TPSA) is 69.7 Å². The van der Waals surface area contributed by atoms with E-state index in [-0.39, 0.29) is 31.6 Å². The lowest BCUT2D eigenvalue weighted by molar-refractivity contribution is 0.0761. The third-order valence-corrected chi connectivity index (χ3v) is 7.90. The minimum atomic E-state index is -4.03. The second kappa shape index (κ2) is 11.1. The molecule has 1 aliphatic rings. The van der Waals surface area contributed by atoms with Crippen LogP contribution in [0, 0.1) is 0 Å². The van der Waals surface area contributed by atoms with E-state index in [0.717, 1.165) is 38.9 Å². The summed E-state index contributed by atoms with van der Waals surface area (Å²) >= 11 is 17.9. The molecule has 0 aromatic heterocycles. The highest BCUT2D eigenvalue weighted by Gasteiger charge is 2.23. The van der Waals surface area contributed by atoms with E-state index in [1.807, 2.05) is 4.90 Å². The fraction of sp³-hybridized carbons (Fsp3) is 0.409. The molecule has 0 radical (unpaired) electrons. The molecule has 0 spiro atoms. The van der Waals surface area contributed by atoms with Crippen LogP contribution in [-0.2, 0) is 10.0 Å².